The molecule has 1 heterocycles. The summed E-state index contributed by atoms with van der Waals surface area (Å²) in [5, 5.41) is 5.84. The molecule has 1 N–H and O–H groups in total. The second-order valence-corrected chi connectivity index (χ2v) is 6.86. The summed E-state index contributed by atoms with van der Waals surface area (Å²) in [6.45, 7) is 8.02. The van der Waals surface area contributed by atoms with Gasteiger partial charge in [-0.1, -0.05) is 27.2 Å². The Balaban J connectivity index is 2.16. The van der Waals surface area contributed by atoms with Crippen molar-refractivity contribution < 1.29 is 4.74 Å². The minimum Gasteiger partial charge on any atom is -0.496 e. The van der Waals surface area contributed by atoms with Gasteiger partial charge in [-0.3, -0.25) is 0 Å². The third kappa shape index (κ3) is 3.32. The summed E-state index contributed by atoms with van der Waals surface area (Å²) in [5.74, 6) is 3.52. The van der Waals surface area contributed by atoms with Crippen molar-refractivity contribution in [2.75, 3.05) is 13.7 Å². The lowest BCUT2D eigenvalue weighted by Crippen LogP contribution is -2.33. The quantitative estimate of drug-likeness (QED) is 0.859. The van der Waals surface area contributed by atoms with E-state index in [1.165, 1.54) is 24.1 Å². The topological polar surface area (TPSA) is 21.3 Å². The van der Waals surface area contributed by atoms with Gasteiger partial charge in [0.1, 0.15) is 5.75 Å². The minimum atomic E-state index is 0.468. The summed E-state index contributed by atoms with van der Waals surface area (Å²) in [4.78, 5) is 1.39. The molecule has 2 nitrogen and oxygen atoms in total. The van der Waals surface area contributed by atoms with Crippen LogP contribution in [-0.2, 0) is 0 Å². The van der Waals surface area contributed by atoms with Gasteiger partial charge in [-0.25, -0.2) is 0 Å². The molecule has 0 spiro atoms. The minimum absolute atomic E-state index is 0.468. The van der Waals surface area contributed by atoms with Crippen LogP contribution in [0.1, 0.15) is 51.0 Å². The monoisotopic (exact) mass is 281 g/mol. The van der Waals surface area contributed by atoms with Gasteiger partial charge in [0, 0.05) is 6.04 Å². The molecule has 0 amide bonds. The van der Waals surface area contributed by atoms with E-state index < -0.39 is 0 Å². The molecule has 4 unspecified atom stereocenters. The first-order chi connectivity index (χ1) is 9.17. The fraction of sp³-hybridized carbons (Fsp3) is 0.750. The van der Waals surface area contributed by atoms with E-state index in [0.717, 1.165) is 30.0 Å². The highest BCUT2D eigenvalue weighted by Gasteiger charge is 2.32. The fourth-order valence-corrected chi connectivity index (χ4v) is 4.32. The van der Waals surface area contributed by atoms with Crippen molar-refractivity contribution in [2.45, 2.75) is 46.1 Å². The lowest BCUT2D eigenvalue weighted by molar-refractivity contribution is 0.172. The number of methoxy groups -OCH3 is 1. The summed E-state index contributed by atoms with van der Waals surface area (Å²) < 4.78 is 5.52. The van der Waals surface area contributed by atoms with Crippen LogP contribution in [0.2, 0.25) is 0 Å². The average molecular weight is 281 g/mol. The van der Waals surface area contributed by atoms with Crippen molar-refractivity contribution >= 4 is 11.3 Å². The van der Waals surface area contributed by atoms with E-state index in [2.05, 4.69) is 37.5 Å². The Morgan fingerprint density at radius 1 is 1.37 bits per heavy atom. The van der Waals surface area contributed by atoms with Gasteiger partial charge in [-0.15, -0.1) is 11.3 Å². The molecular weight excluding hydrogens is 254 g/mol. The predicted octanol–water partition coefficient (Wildman–Crippen LogP) is 4.48. The van der Waals surface area contributed by atoms with Crippen LogP contribution in [0.3, 0.4) is 0 Å². The van der Waals surface area contributed by atoms with Crippen LogP contribution in [0, 0.1) is 17.8 Å². The van der Waals surface area contributed by atoms with E-state index in [1.807, 2.05) is 11.3 Å². The average Bonchev–Trinajstić information content (AvgIpc) is 2.87. The first kappa shape index (κ1) is 14.9. The van der Waals surface area contributed by atoms with Gasteiger partial charge in [0.2, 0.25) is 0 Å². The van der Waals surface area contributed by atoms with Crippen molar-refractivity contribution in [3.05, 3.63) is 16.3 Å². The Kier molecular flexibility index (Phi) is 5.28. The largest absolute Gasteiger partial charge is 0.496 e. The molecule has 1 fully saturated rings. The molecule has 1 aliphatic carbocycles. The van der Waals surface area contributed by atoms with E-state index in [-0.39, 0.29) is 0 Å². The van der Waals surface area contributed by atoms with Crippen LogP contribution in [0.25, 0.3) is 0 Å². The van der Waals surface area contributed by atoms with Crippen LogP contribution in [0.4, 0.5) is 0 Å². The third-order valence-electron chi connectivity index (χ3n) is 4.69. The lowest BCUT2D eigenvalue weighted by atomic mass is 9.73. The van der Waals surface area contributed by atoms with Crippen LogP contribution < -0.4 is 10.1 Å². The molecule has 1 saturated carbocycles. The van der Waals surface area contributed by atoms with Gasteiger partial charge in [0.15, 0.2) is 0 Å². The highest BCUT2D eigenvalue weighted by atomic mass is 32.1. The van der Waals surface area contributed by atoms with Gasteiger partial charge < -0.3 is 10.1 Å². The van der Waals surface area contributed by atoms with E-state index in [4.69, 9.17) is 4.74 Å². The summed E-state index contributed by atoms with van der Waals surface area (Å²) in [5.41, 5.74) is 0. The number of ether oxygens (including phenoxy) is 1. The SMILES string of the molecule is CCNC(c1sccc1OC)C1CCC(C)C(C)C1. The van der Waals surface area contributed by atoms with Gasteiger partial charge in [0.25, 0.3) is 0 Å². The van der Waals surface area contributed by atoms with Crippen molar-refractivity contribution in [3.8, 4) is 5.75 Å². The Morgan fingerprint density at radius 3 is 2.79 bits per heavy atom. The maximum atomic E-state index is 5.52. The summed E-state index contributed by atoms with van der Waals surface area (Å²) >= 11 is 1.83. The first-order valence-electron chi connectivity index (χ1n) is 7.52. The van der Waals surface area contributed by atoms with E-state index in [1.54, 1.807) is 7.11 Å². The van der Waals surface area contributed by atoms with Crippen molar-refractivity contribution in [2.24, 2.45) is 17.8 Å². The molecule has 108 valence electrons. The zero-order valence-electron chi connectivity index (χ0n) is 12.6. The normalized spacial score (nSPS) is 29.2. The van der Waals surface area contributed by atoms with Gasteiger partial charge >= 0.3 is 0 Å². The van der Waals surface area contributed by atoms with Crippen LogP contribution >= 0.6 is 11.3 Å². The van der Waals surface area contributed by atoms with Gasteiger partial charge in [0.05, 0.1) is 12.0 Å². The van der Waals surface area contributed by atoms with E-state index >= 15 is 0 Å². The number of nitrogens with one attached hydrogen (secondary N) is 1. The van der Waals surface area contributed by atoms with Crippen LogP contribution in [-0.4, -0.2) is 13.7 Å². The molecular formula is C16H27NOS. The zero-order chi connectivity index (χ0) is 13.8. The molecule has 0 saturated heterocycles. The second kappa shape index (κ2) is 6.76. The standard InChI is InChI=1S/C16H27NOS/c1-5-17-15(16-14(18-4)8-9-19-16)13-7-6-11(2)12(3)10-13/h8-9,11-13,15,17H,5-7,10H2,1-4H3. The van der Waals surface area contributed by atoms with Crippen molar-refractivity contribution in [3.63, 3.8) is 0 Å². The highest BCUT2D eigenvalue weighted by Crippen LogP contribution is 2.43. The maximum Gasteiger partial charge on any atom is 0.134 e. The van der Waals surface area contributed by atoms with Crippen molar-refractivity contribution in [1.82, 2.24) is 5.32 Å². The molecule has 4 atom stereocenters. The van der Waals surface area contributed by atoms with Crippen LogP contribution in [0.15, 0.2) is 11.4 Å². The molecule has 0 bridgehead atoms. The molecule has 1 aromatic rings. The second-order valence-electron chi connectivity index (χ2n) is 5.92. The molecule has 0 aliphatic heterocycles. The highest BCUT2D eigenvalue weighted by molar-refractivity contribution is 7.10. The first-order valence-corrected chi connectivity index (χ1v) is 8.40. The third-order valence-corrected chi connectivity index (χ3v) is 5.68. The van der Waals surface area contributed by atoms with Crippen molar-refractivity contribution in [1.29, 1.82) is 0 Å². The Hall–Kier alpha value is -0.540. The Bertz CT molecular complexity index is 390. The summed E-state index contributed by atoms with van der Waals surface area (Å²) in [7, 11) is 1.78. The van der Waals surface area contributed by atoms with E-state index in [9.17, 15) is 0 Å². The number of rotatable bonds is 5. The zero-order valence-corrected chi connectivity index (χ0v) is 13.4. The fourth-order valence-electron chi connectivity index (χ4n) is 3.29. The van der Waals surface area contributed by atoms with Gasteiger partial charge in [-0.2, -0.15) is 0 Å². The molecule has 3 heteroatoms. The molecule has 2 rings (SSSR count). The molecule has 1 aromatic heterocycles. The van der Waals surface area contributed by atoms with Gasteiger partial charge in [-0.05, 0) is 48.6 Å². The molecule has 0 radical (unpaired) electrons. The predicted molar refractivity (Wildman–Crippen MR) is 83.0 cm³/mol. The maximum absolute atomic E-state index is 5.52. The lowest BCUT2D eigenvalue weighted by Gasteiger charge is -2.37. The number of hydrogen-bond donors (Lipinski definition) is 1. The smallest absolute Gasteiger partial charge is 0.134 e. The molecule has 0 aromatic carbocycles. The summed E-state index contributed by atoms with van der Waals surface area (Å²) in [6.07, 6.45) is 4.03. The summed E-state index contributed by atoms with van der Waals surface area (Å²) in [6, 6.07) is 2.56. The molecule has 19 heavy (non-hydrogen) atoms. The Morgan fingerprint density at radius 2 is 2.16 bits per heavy atom. The van der Waals surface area contributed by atoms with Crippen LogP contribution in [0.5, 0.6) is 5.75 Å². The Labute approximate surface area is 121 Å². The van der Waals surface area contributed by atoms with E-state index in [0.29, 0.717) is 6.04 Å². The molecule has 1 aliphatic rings. The number of hydrogen-bond acceptors (Lipinski definition) is 3. The number of thiophene rings is 1.